The van der Waals surface area contributed by atoms with Crippen LogP contribution < -0.4 is 4.74 Å². The third kappa shape index (κ3) is 5.30. The Bertz CT molecular complexity index is 795. The maximum atomic E-state index is 13.8. The van der Waals surface area contributed by atoms with Crippen molar-refractivity contribution < 1.29 is 18.3 Å². The third-order valence-electron chi connectivity index (χ3n) is 5.99. The highest BCUT2D eigenvalue weighted by Gasteiger charge is 2.27. The summed E-state index contributed by atoms with van der Waals surface area (Å²) in [6.45, 7) is 2.23. The first-order valence-corrected chi connectivity index (χ1v) is 10.7. The highest BCUT2D eigenvalue weighted by Crippen LogP contribution is 2.33. The molecule has 0 aliphatic heterocycles. The average molecular weight is 388 g/mol. The van der Waals surface area contributed by atoms with E-state index in [2.05, 4.69) is 6.92 Å². The van der Waals surface area contributed by atoms with Crippen molar-refractivity contribution in [1.82, 2.24) is 0 Å². The topological polar surface area (TPSA) is 26.3 Å². The lowest BCUT2D eigenvalue weighted by Crippen LogP contribution is -2.25. The van der Waals surface area contributed by atoms with Crippen LogP contribution in [-0.2, 0) is 4.79 Å². The fourth-order valence-electron chi connectivity index (χ4n) is 4.23. The zero-order valence-electron chi connectivity index (χ0n) is 16.7. The molecule has 0 N–H and O–H groups in total. The number of carbonyl (C=O) groups is 1. The first kappa shape index (κ1) is 20.8. The van der Waals surface area contributed by atoms with Gasteiger partial charge in [-0.25, -0.2) is 8.78 Å². The van der Waals surface area contributed by atoms with Gasteiger partial charge in [0.25, 0.3) is 0 Å². The maximum Gasteiger partial charge on any atom is 0.314 e. The number of benzene rings is 2. The van der Waals surface area contributed by atoms with Crippen molar-refractivity contribution in [2.75, 3.05) is 0 Å². The van der Waals surface area contributed by atoms with E-state index >= 15 is 0 Å². The molecule has 28 heavy (non-hydrogen) atoms. The second-order valence-electron chi connectivity index (χ2n) is 8.09. The Morgan fingerprint density at radius 3 is 2.50 bits per heavy atom. The first-order valence-electron chi connectivity index (χ1n) is 10.7. The Morgan fingerprint density at radius 2 is 1.75 bits per heavy atom. The molecule has 1 aliphatic rings. The molecule has 0 radical (unpaired) electrons. The molecule has 0 bridgehead atoms. The average Bonchev–Trinajstić information content (AvgIpc) is 2.71. The predicted molar refractivity (Wildman–Crippen MR) is 108 cm³/mol. The van der Waals surface area contributed by atoms with Crippen molar-refractivity contribution in [3.8, 4) is 5.75 Å². The fraction of sp³-hybridized carbons (Fsp3) is 0.542. The predicted octanol–water partition coefficient (Wildman–Crippen LogP) is 7.19. The minimum Gasteiger partial charge on any atom is -0.426 e. The lowest BCUT2D eigenvalue weighted by Gasteiger charge is -2.27. The molecule has 4 heteroatoms. The second-order valence-corrected chi connectivity index (χ2v) is 8.09. The van der Waals surface area contributed by atoms with Crippen molar-refractivity contribution in [2.24, 2.45) is 11.8 Å². The summed E-state index contributed by atoms with van der Waals surface area (Å²) in [4.78, 5) is 12.5. The lowest BCUT2D eigenvalue weighted by atomic mass is 9.80. The van der Waals surface area contributed by atoms with Gasteiger partial charge in [0.1, 0.15) is 5.75 Å². The van der Waals surface area contributed by atoms with E-state index in [4.69, 9.17) is 4.74 Å². The summed E-state index contributed by atoms with van der Waals surface area (Å²) in [6.07, 6.45) is 11.8. The Kier molecular flexibility index (Phi) is 7.41. The molecule has 2 aromatic rings. The molecule has 0 unspecified atom stereocenters. The van der Waals surface area contributed by atoms with Gasteiger partial charge in [-0.2, -0.15) is 0 Å². The molecule has 2 aromatic carbocycles. The van der Waals surface area contributed by atoms with Gasteiger partial charge in [0.05, 0.1) is 5.92 Å². The van der Waals surface area contributed by atoms with Crippen LogP contribution in [0.25, 0.3) is 10.8 Å². The van der Waals surface area contributed by atoms with Crippen LogP contribution in [0.5, 0.6) is 5.75 Å². The molecule has 0 atom stereocenters. The number of esters is 1. The van der Waals surface area contributed by atoms with Crippen molar-refractivity contribution in [3.05, 3.63) is 42.0 Å². The smallest absolute Gasteiger partial charge is 0.314 e. The molecule has 3 rings (SSSR count). The number of carbonyl (C=O) groups excluding carboxylic acids is 1. The Labute approximate surface area is 166 Å². The molecule has 0 aromatic heterocycles. The molecule has 2 nitrogen and oxygen atoms in total. The van der Waals surface area contributed by atoms with Crippen molar-refractivity contribution in [1.29, 1.82) is 0 Å². The molecule has 0 saturated heterocycles. The molecule has 1 saturated carbocycles. The van der Waals surface area contributed by atoms with E-state index in [9.17, 15) is 13.6 Å². The molecule has 1 aliphatic carbocycles. The van der Waals surface area contributed by atoms with Crippen LogP contribution in [0.1, 0.15) is 71.1 Å². The van der Waals surface area contributed by atoms with Crippen molar-refractivity contribution in [3.63, 3.8) is 0 Å². The van der Waals surface area contributed by atoms with E-state index in [-0.39, 0.29) is 17.3 Å². The quantitative estimate of drug-likeness (QED) is 0.272. The van der Waals surface area contributed by atoms with E-state index in [0.29, 0.717) is 11.1 Å². The van der Waals surface area contributed by atoms with Gasteiger partial charge in [0.15, 0.2) is 11.6 Å². The largest absolute Gasteiger partial charge is 0.426 e. The number of hydrogen-bond acceptors (Lipinski definition) is 2. The van der Waals surface area contributed by atoms with Crippen LogP contribution >= 0.6 is 0 Å². The number of rotatable bonds is 8. The second kappa shape index (κ2) is 9.99. The van der Waals surface area contributed by atoms with Gasteiger partial charge in [-0.15, -0.1) is 0 Å². The van der Waals surface area contributed by atoms with Crippen LogP contribution in [0, 0.1) is 23.5 Å². The summed E-state index contributed by atoms with van der Waals surface area (Å²) in [6, 6.07) is 7.18. The molecular weight excluding hydrogens is 358 g/mol. The van der Waals surface area contributed by atoms with Crippen molar-refractivity contribution >= 4 is 16.7 Å². The number of unbranched alkanes of at least 4 members (excludes halogenated alkanes) is 4. The zero-order valence-corrected chi connectivity index (χ0v) is 16.7. The summed E-state index contributed by atoms with van der Waals surface area (Å²) in [5.74, 6) is -0.881. The minimum atomic E-state index is -0.876. The summed E-state index contributed by atoms with van der Waals surface area (Å²) >= 11 is 0. The van der Waals surface area contributed by atoms with Gasteiger partial charge in [-0.3, -0.25) is 4.79 Å². The monoisotopic (exact) mass is 388 g/mol. The van der Waals surface area contributed by atoms with Gasteiger partial charge >= 0.3 is 5.97 Å². The SMILES string of the molecule is CCCCCCCC1CCC(C(=O)Oc2ccc3c(F)c(F)ccc3c2)CC1. The number of ether oxygens (including phenoxy) is 1. The van der Waals surface area contributed by atoms with Gasteiger partial charge in [-0.1, -0.05) is 51.5 Å². The van der Waals surface area contributed by atoms with E-state index in [1.165, 1.54) is 56.7 Å². The number of hydrogen-bond donors (Lipinski definition) is 0. The molecule has 0 heterocycles. The summed E-state index contributed by atoms with van der Waals surface area (Å²) < 4.78 is 32.6. The van der Waals surface area contributed by atoms with Crippen LogP contribution in [0.15, 0.2) is 30.3 Å². The summed E-state index contributed by atoms with van der Waals surface area (Å²) in [7, 11) is 0. The van der Waals surface area contributed by atoms with Crippen LogP contribution in [-0.4, -0.2) is 5.97 Å². The number of halogens is 2. The fourth-order valence-corrected chi connectivity index (χ4v) is 4.23. The van der Waals surface area contributed by atoms with Gasteiger partial charge in [-0.05, 0) is 61.3 Å². The molecular formula is C24H30F2O2. The Hall–Kier alpha value is -1.97. The lowest BCUT2D eigenvalue weighted by molar-refractivity contribution is -0.140. The summed E-state index contributed by atoms with van der Waals surface area (Å²) in [5.41, 5.74) is 0. The first-order chi connectivity index (χ1) is 13.6. The normalized spacial score (nSPS) is 19.7. The molecule has 152 valence electrons. The maximum absolute atomic E-state index is 13.8. The van der Waals surface area contributed by atoms with Gasteiger partial charge in [0, 0.05) is 5.39 Å². The molecule has 0 amide bonds. The van der Waals surface area contributed by atoms with E-state index in [1.807, 2.05) is 0 Å². The molecule has 0 spiro atoms. The minimum absolute atomic E-state index is 0.0583. The highest BCUT2D eigenvalue weighted by molar-refractivity contribution is 5.85. The third-order valence-corrected chi connectivity index (χ3v) is 5.99. The van der Waals surface area contributed by atoms with Gasteiger partial charge in [0.2, 0.25) is 0 Å². The zero-order chi connectivity index (χ0) is 19.9. The van der Waals surface area contributed by atoms with Crippen LogP contribution in [0.4, 0.5) is 8.78 Å². The van der Waals surface area contributed by atoms with Gasteiger partial charge < -0.3 is 4.74 Å². The van der Waals surface area contributed by atoms with Crippen LogP contribution in [0.3, 0.4) is 0 Å². The van der Waals surface area contributed by atoms with E-state index in [0.717, 1.165) is 37.7 Å². The van der Waals surface area contributed by atoms with E-state index < -0.39 is 11.6 Å². The van der Waals surface area contributed by atoms with E-state index in [1.54, 1.807) is 6.07 Å². The number of fused-ring (bicyclic) bond motifs is 1. The highest BCUT2D eigenvalue weighted by atomic mass is 19.2. The summed E-state index contributed by atoms with van der Waals surface area (Å²) in [5, 5.41) is 0.718. The van der Waals surface area contributed by atoms with Crippen LogP contribution in [0.2, 0.25) is 0 Å². The molecule has 1 fully saturated rings. The Morgan fingerprint density at radius 1 is 1.00 bits per heavy atom. The standard InChI is InChI=1S/C24H30F2O2/c1-2-3-4-5-6-7-17-8-10-18(11-9-17)24(27)28-20-13-14-21-19(16-20)12-15-22(25)23(21)26/h12-18H,2-11H2,1H3. The Balaban J connectivity index is 1.48. The van der Waals surface area contributed by atoms with Crippen molar-refractivity contribution in [2.45, 2.75) is 71.1 Å².